The third-order valence-corrected chi connectivity index (χ3v) is 2.74. The van der Waals surface area contributed by atoms with Crippen LogP contribution in [0.25, 0.3) is 0 Å². The molecule has 0 aliphatic carbocycles. The Labute approximate surface area is 138 Å². The number of carbonyl (C=O) groups excluding carboxylic acids is 2. The standard InChI is InChI=1S/C18H14N2O4/c1-3-17(21)23-14-11-9-13(10-12-14)19-20-15-7-5-6-8-16(15)24-18(22)4-2/h3-12H,1-2H2/b20-19+. The van der Waals surface area contributed by atoms with Crippen molar-refractivity contribution in [2.75, 3.05) is 0 Å². The number of azo groups is 1. The molecule has 0 atom stereocenters. The molecular weight excluding hydrogens is 308 g/mol. The number of esters is 2. The molecule has 0 radical (unpaired) electrons. The summed E-state index contributed by atoms with van der Waals surface area (Å²) < 4.78 is 10.0. The van der Waals surface area contributed by atoms with Gasteiger partial charge in [-0.2, -0.15) is 5.11 Å². The van der Waals surface area contributed by atoms with Crippen LogP contribution in [0.3, 0.4) is 0 Å². The second kappa shape index (κ2) is 8.19. The molecule has 0 unspecified atom stereocenters. The molecule has 0 aliphatic rings. The average Bonchev–Trinajstić information content (AvgIpc) is 2.62. The molecule has 0 saturated heterocycles. The molecule has 0 amide bonds. The van der Waals surface area contributed by atoms with Crippen molar-refractivity contribution < 1.29 is 19.1 Å². The maximum absolute atomic E-state index is 11.3. The van der Waals surface area contributed by atoms with Crippen LogP contribution in [0.15, 0.2) is 84.1 Å². The molecule has 2 aromatic rings. The highest BCUT2D eigenvalue weighted by Gasteiger charge is 2.05. The summed E-state index contributed by atoms with van der Waals surface area (Å²) in [5, 5.41) is 8.12. The second-order valence-electron chi connectivity index (χ2n) is 4.41. The summed E-state index contributed by atoms with van der Waals surface area (Å²) in [5.74, 6) is -0.463. The molecule has 24 heavy (non-hydrogen) atoms. The number of hydrogen-bond acceptors (Lipinski definition) is 6. The molecule has 0 saturated carbocycles. The van der Waals surface area contributed by atoms with E-state index < -0.39 is 11.9 Å². The number of para-hydroxylation sites is 1. The number of rotatable bonds is 6. The summed E-state index contributed by atoms with van der Waals surface area (Å²) in [6.45, 7) is 6.67. The molecule has 2 rings (SSSR count). The first-order valence-electron chi connectivity index (χ1n) is 6.91. The molecule has 6 nitrogen and oxygen atoms in total. The summed E-state index contributed by atoms with van der Waals surface area (Å²) in [6.07, 6.45) is 2.15. The zero-order valence-electron chi connectivity index (χ0n) is 12.7. The summed E-state index contributed by atoms with van der Waals surface area (Å²) >= 11 is 0. The first-order valence-corrected chi connectivity index (χ1v) is 6.91. The lowest BCUT2D eigenvalue weighted by molar-refractivity contribution is -0.129. The summed E-state index contributed by atoms with van der Waals surface area (Å²) in [5.41, 5.74) is 0.938. The van der Waals surface area contributed by atoms with E-state index in [0.717, 1.165) is 12.2 Å². The molecule has 0 spiro atoms. The first kappa shape index (κ1) is 16.8. The van der Waals surface area contributed by atoms with Gasteiger partial charge in [0.2, 0.25) is 0 Å². The van der Waals surface area contributed by atoms with Gasteiger partial charge in [0.15, 0.2) is 5.75 Å². The quantitative estimate of drug-likeness (QED) is 0.344. The zero-order valence-corrected chi connectivity index (χ0v) is 12.7. The molecule has 120 valence electrons. The van der Waals surface area contributed by atoms with E-state index in [4.69, 9.17) is 9.47 Å². The van der Waals surface area contributed by atoms with Gasteiger partial charge in [-0.05, 0) is 36.4 Å². The van der Waals surface area contributed by atoms with Gasteiger partial charge < -0.3 is 9.47 Å². The van der Waals surface area contributed by atoms with Crippen molar-refractivity contribution in [1.82, 2.24) is 0 Å². The van der Waals surface area contributed by atoms with Crippen molar-refractivity contribution in [3.8, 4) is 11.5 Å². The van der Waals surface area contributed by atoms with Crippen LogP contribution in [-0.4, -0.2) is 11.9 Å². The van der Waals surface area contributed by atoms with Gasteiger partial charge in [-0.1, -0.05) is 25.3 Å². The van der Waals surface area contributed by atoms with Gasteiger partial charge in [0.1, 0.15) is 11.4 Å². The SMILES string of the molecule is C=CC(=O)Oc1ccc(/N=N/c2ccccc2OC(=O)C=C)cc1. The van der Waals surface area contributed by atoms with Crippen LogP contribution in [0.4, 0.5) is 11.4 Å². The van der Waals surface area contributed by atoms with Crippen molar-refractivity contribution >= 4 is 23.3 Å². The van der Waals surface area contributed by atoms with E-state index in [2.05, 4.69) is 23.4 Å². The lowest BCUT2D eigenvalue weighted by atomic mass is 10.3. The highest BCUT2D eigenvalue weighted by molar-refractivity contribution is 5.84. The molecule has 0 aromatic heterocycles. The Balaban J connectivity index is 2.13. The van der Waals surface area contributed by atoms with Crippen LogP contribution in [0.5, 0.6) is 11.5 Å². The number of ether oxygens (including phenoxy) is 2. The van der Waals surface area contributed by atoms with Gasteiger partial charge in [0, 0.05) is 12.2 Å². The number of hydrogen-bond donors (Lipinski definition) is 0. The molecule has 0 heterocycles. The van der Waals surface area contributed by atoms with Crippen molar-refractivity contribution in [3.05, 3.63) is 73.8 Å². The fourth-order valence-electron chi connectivity index (χ4n) is 1.63. The van der Waals surface area contributed by atoms with Crippen molar-refractivity contribution in [2.45, 2.75) is 0 Å². The highest BCUT2D eigenvalue weighted by atomic mass is 16.5. The summed E-state index contributed by atoms with van der Waals surface area (Å²) in [6, 6.07) is 13.2. The van der Waals surface area contributed by atoms with Gasteiger partial charge in [-0.3, -0.25) is 0 Å². The Hall–Kier alpha value is -3.54. The van der Waals surface area contributed by atoms with Crippen LogP contribution in [-0.2, 0) is 9.59 Å². The molecule has 6 heteroatoms. The largest absolute Gasteiger partial charge is 0.423 e. The highest BCUT2D eigenvalue weighted by Crippen LogP contribution is 2.29. The van der Waals surface area contributed by atoms with Crippen LogP contribution < -0.4 is 9.47 Å². The van der Waals surface area contributed by atoms with E-state index >= 15 is 0 Å². The topological polar surface area (TPSA) is 77.3 Å². The maximum atomic E-state index is 11.3. The van der Waals surface area contributed by atoms with E-state index in [0.29, 0.717) is 17.1 Å². The Morgan fingerprint density at radius 1 is 0.833 bits per heavy atom. The molecule has 0 fully saturated rings. The lowest BCUT2D eigenvalue weighted by Gasteiger charge is -2.04. The molecule has 2 aromatic carbocycles. The van der Waals surface area contributed by atoms with Crippen LogP contribution >= 0.6 is 0 Å². The minimum absolute atomic E-state index is 0.280. The fourth-order valence-corrected chi connectivity index (χ4v) is 1.63. The Bertz CT molecular complexity index is 795. The Kier molecular flexibility index (Phi) is 5.74. The van der Waals surface area contributed by atoms with Gasteiger partial charge >= 0.3 is 11.9 Å². The van der Waals surface area contributed by atoms with Gasteiger partial charge in [0.05, 0.1) is 5.69 Å². The minimum Gasteiger partial charge on any atom is -0.423 e. The maximum Gasteiger partial charge on any atom is 0.335 e. The van der Waals surface area contributed by atoms with Gasteiger partial charge in [-0.25, -0.2) is 9.59 Å². The average molecular weight is 322 g/mol. The number of carbonyl (C=O) groups is 2. The van der Waals surface area contributed by atoms with E-state index in [9.17, 15) is 9.59 Å². The predicted octanol–water partition coefficient (Wildman–Crippen LogP) is 4.28. The third-order valence-electron chi connectivity index (χ3n) is 2.74. The Morgan fingerprint density at radius 2 is 1.46 bits per heavy atom. The van der Waals surface area contributed by atoms with Crippen molar-refractivity contribution in [2.24, 2.45) is 10.2 Å². The van der Waals surface area contributed by atoms with Crippen molar-refractivity contribution in [1.29, 1.82) is 0 Å². The van der Waals surface area contributed by atoms with Crippen LogP contribution in [0.2, 0.25) is 0 Å². The minimum atomic E-state index is -0.578. The van der Waals surface area contributed by atoms with Gasteiger partial charge in [-0.15, -0.1) is 5.11 Å². The lowest BCUT2D eigenvalue weighted by Crippen LogP contribution is -2.02. The fraction of sp³-hybridized carbons (Fsp3) is 0. The zero-order chi connectivity index (χ0) is 17.4. The monoisotopic (exact) mass is 322 g/mol. The normalized spacial score (nSPS) is 10.2. The van der Waals surface area contributed by atoms with E-state index in [1.165, 1.54) is 0 Å². The van der Waals surface area contributed by atoms with E-state index in [1.54, 1.807) is 48.5 Å². The summed E-state index contributed by atoms with van der Waals surface area (Å²) in [7, 11) is 0. The van der Waals surface area contributed by atoms with Crippen molar-refractivity contribution in [3.63, 3.8) is 0 Å². The third kappa shape index (κ3) is 4.74. The first-order chi connectivity index (χ1) is 11.6. The molecule has 0 bridgehead atoms. The van der Waals surface area contributed by atoms with E-state index in [-0.39, 0.29) is 5.75 Å². The predicted molar refractivity (Wildman–Crippen MR) is 88.7 cm³/mol. The van der Waals surface area contributed by atoms with Crippen LogP contribution in [0, 0.1) is 0 Å². The molecule has 0 aliphatic heterocycles. The Morgan fingerprint density at radius 3 is 2.12 bits per heavy atom. The van der Waals surface area contributed by atoms with Crippen LogP contribution in [0.1, 0.15) is 0 Å². The second-order valence-corrected chi connectivity index (χ2v) is 4.41. The van der Waals surface area contributed by atoms with E-state index in [1.807, 2.05) is 0 Å². The number of nitrogens with zero attached hydrogens (tertiary/aromatic N) is 2. The number of benzene rings is 2. The summed E-state index contributed by atoms with van der Waals surface area (Å²) in [4.78, 5) is 22.4. The molecular formula is C18H14N2O4. The molecule has 0 N–H and O–H groups in total. The smallest absolute Gasteiger partial charge is 0.335 e. The van der Waals surface area contributed by atoms with Gasteiger partial charge in [0.25, 0.3) is 0 Å².